The standard InChI is InChI=1S/C23H21N3O2/c1-3-25(21-14-8-10-17-9-4-5-12-19(17)21)22(27)15-26-23(28)20-13-7-6-11-18(20)16(2)24-26/h4-14H,3,15H2,1-2H3. The highest BCUT2D eigenvalue weighted by Crippen LogP contribution is 2.26. The number of amides is 1. The van der Waals surface area contributed by atoms with Gasteiger partial charge in [0.15, 0.2) is 0 Å². The molecule has 28 heavy (non-hydrogen) atoms. The Bertz CT molecular complexity index is 1240. The van der Waals surface area contributed by atoms with Crippen molar-refractivity contribution >= 4 is 33.1 Å². The molecular weight excluding hydrogens is 350 g/mol. The molecule has 0 saturated heterocycles. The Labute approximate surface area is 162 Å². The molecular formula is C23H21N3O2. The second-order valence-corrected chi connectivity index (χ2v) is 6.73. The van der Waals surface area contributed by atoms with Gasteiger partial charge in [-0.05, 0) is 31.4 Å². The summed E-state index contributed by atoms with van der Waals surface area (Å²) in [7, 11) is 0. The van der Waals surface area contributed by atoms with E-state index in [4.69, 9.17) is 0 Å². The van der Waals surface area contributed by atoms with Crippen LogP contribution in [0.5, 0.6) is 0 Å². The fourth-order valence-corrected chi connectivity index (χ4v) is 3.65. The molecule has 0 fully saturated rings. The number of aryl methyl sites for hydroxylation is 1. The van der Waals surface area contributed by atoms with E-state index in [-0.39, 0.29) is 18.0 Å². The maximum atomic E-state index is 13.1. The van der Waals surface area contributed by atoms with E-state index in [1.165, 1.54) is 4.68 Å². The first-order valence-corrected chi connectivity index (χ1v) is 9.34. The molecule has 0 bridgehead atoms. The fourth-order valence-electron chi connectivity index (χ4n) is 3.65. The first kappa shape index (κ1) is 17.9. The molecule has 1 amide bonds. The molecule has 0 radical (unpaired) electrons. The Morgan fingerprint density at radius 2 is 1.57 bits per heavy atom. The third-order valence-electron chi connectivity index (χ3n) is 5.01. The molecule has 0 aliphatic heterocycles. The van der Waals surface area contributed by atoms with Crippen LogP contribution in [0.2, 0.25) is 0 Å². The molecule has 3 aromatic carbocycles. The molecule has 0 N–H and O–H groups in total. The number of rotatable bonds is 4. The van der Waals surface area contributed by atoms with Gasteiger partial charge in [0.1, 0.15) is 6.54 Å². The Hall–Kier alpha value is -3.47. The van der Waals surface area contributed by atoms with Crippen molar-refractivity contribution in [2.24, 2.45) is 0 Å². The smallest absolute Gasteiger partial charge is 0.275 e. The number of nitrogens with zero attached hydrogens (tertiary/aromatic N) is 3. The van der Waals surface area contributed by atoms with Gasteiger partial charge in [0.05, 0.1) is 16.8 Å². The Kier molecular flexibility index (Phi) is 4.65. The van der Waals surface area contributed by atoms with Gasteiger partial charge < -0.3 is 4.90 Å². The molecule has 1 aromatic heterocycles. The van der Waals surface area contributed by atoms with Crippen molar-refractivity contribution in [1.82, 2.24) is 9.78 Å². The molecule has 0 saturated carbocycles. The summed E-state index contributed by atoms with van der Waals surface area (Å²) in [4.78, 5) is 27.6. The first-order valence-electron chi connectivity index (χ1n) is 9.34. The third-order valence-corrected chi connectivity index (χ3v) is 5.01. The predicted octanol–water partition coefficient (Wildman–Crippen LogP) is 3.91. The van der Waals surface area contributed by atoms with Crippen molar-refractivity contribution in [3.63, 3.8) is 0 Å². The summed E-state index contributed by atoms with van der Waals surface area (Å²) in [5.41, 5.74) is 1.33. The number of fused-ring (bicyclic) bond motifs is 2. The quantitative estimate of drug-likeness (QED) is 0.546. The minimum absolute atomic E-state index is 0.0957. The van der Waals surface area contributed by atoms with Crippen LogP contribution in [0, 0.1) is 6.92 Å². The van der Waals surface area contributed by atoms with Crippen LogP contribution in [0.25, 0.3) is 21.5 Å². The van der Waals surface area contributed by atoms with E-state index in [0.29, 0.717) is 11.9 Å². The molecule has 4 rings (SSSR count). The van der Waals surface area contributed by atoms with Gasteiger partial charge in [0, 0.05) is 17.3 Å². The highest BCUT2D eigenvalue weighted by atomic mass is 16.2. The summed E-state index contributed by atoms with van der Waals surface area (Å²) in [6, 6.07) is 21.2. The lowest BCUT2D eigenvalue weighted by molar-refractivity contribution is -0.119. The maximum absolute atomic E-state index is 13.1. The number of hydrogen-bond acceptors (Lipinski definition) is 3. The second kappa shape index (κ2) is 7.27. The highest BCUT2D eigenvalue weighted by molar-refractivity contribution is 6.03. The summed E-state index contributed by atoms with van der Waals surface area (Å²) in [6.07, 6.45) is 0. The lowest BCUT2D eigenvalue weighted by atomic mass is 10.1. The summed E-state index contributed by atoms with van der Waals surface area (Å²) in [6.45, 7) is 4.20. The van der Waals surface area contributed by atoms with Gasteiger partial charge in [-0.1, -0.05) is 54.6 Å². The van der Waals surface area contributed by atoms with E-state index in [9.17, 15) is 9.59 Å². The minimum atomic E-state index is -0.247. The monoisotopic (exact) mass is 371 g/mol. The number of carbonyl (C=O) groups excluding carboxylic acids is 1. The van der Waals surface area contributed by atoms with E-state index in [1.807, 2.05) is 74.5 Å². The Balaban J connectivity index is 1.74. The van der Waals surface area contributed by atoms with E-state index >= 15 is 0 Å². The molecule has 0 aliphatic carbocycles. The Morgan fingerprint density at radius 3 is 2.32 bits per heavy atom. The van der Waals surface area contributed by atoms with Gasteiger partial charge >= 0.3 is 0 Å². The van der Waals surface area contributed by atoms with Crippen LogP contribution >= 0.6 is 0 Å². The van der Waals surface area contributed by atoms with Gasteiger partial charge in [-0.25, -0.2) is 4.68 Å². The van der Waals surface area contributed by atoms with Gasteiger partial charge in [-0.2, -0.15) is 5.10 Å². The Morgan fingerprint density at radius 1 is 0.929 bits per heavy atom. The van der Waals surface area contributed by atoms with Crippen LogP contribution in [0.4, 0.5) is 5.69 Å². The highest BCUT2D eigenvalue weighted by Gasteiger charge is 2.18. The lowest BCUT2D eigenvalue weighted by Crippen LogP contribution is -2.37. The summed E-state index contributed by atoms with van der Waals surface area (Å²) in [5, 5.41) is 7.85. The number of hydrogen-bond donors (Lipinski definition) is 0. The van der Waals surface area contributed by atoms with Crippen LogP contribution in [0.15, 0.2) is 71.5 Å². The largest absolute Gasteiger partial charge is 0.310 e. The summed E-state index contributed by atoms with van der Waals surface area (Å²) in [5.74, 6) is -0.164. The predicted molar refractivity (Wildman–Crippen MR) is 113 cm³/mol. The van der Waals surface area contributed by atoms with Gasteiger partial charge in [-0.15, -0.1) is 0 Å². The molecule has 5 nitrogen and oxygen atoms in total. The van der Waals surface area contributed by atoms with E-state index in [0.717, 1.165) is 27.5 Å². The minimum Gasteiger partial charge on any atom is -0.310 e. The molecule has 0 spiro atoms. The van der Waals surface area contributed by atoms with Crippen LogP contribution in [-0.2, 0) is 11.3 Å². The van der Waals surface area contributed by atoms with E-state index in [1.54, 1.807) is 11.0 Å². The average molecular weight is 371 g/mol. The normalized spacial score (nSPS) is 11.1. The van der Waals surface area contributed by atoms with E-state index in [2.05, 4.69) is 5.10 Å². The van der Waals surface area contributed by atoms with Crippen molar-refractivity contribution < 1.29 is 4.79 Å². The lowest BCUT2D eigenvalue weighted by Gasteiger charge is -2.23. The number of carbonyl (C=O) groups is 1. The average Bonchev–Trinajstić information content (AvgIpc) is 2.72. The molecule has 5 heteroatoms. The van der Waals surface area contributed by atoms with Gasteiger partial charge in [-0.3, -0.25) is 9.59 Å². The topological polar surface area (TPSA) is 55.2 Å². The zero-order valence-corrected chi connectivity index (χ0v) is 15.9. The van der Waals surface area contributed by atoms with Crippen molar-refractivity contribution in [2.45, 2.75) is 20.4 Å². The van der Waals surface area contributed by atoms with Crippen molar-refractivity contribution in [2.75, 3.05) is 11.4 Å². The number of anilines is 1. The molecule has 140 valence electrons. The van der Waals surface area contributed by atoms with Gasteiger partial charge in [0.25, 0.3) is 5.56 Å². The van der Waals surface area contributed by atoms with Gasteiger partial charge in [0.2, 0.25) is 5.91 Å². The van der Waals surface area contributed by atoms with Crippen LogP contribution in [-0.4, -0.2) is 22.2 Å². The van der Waals surface area contributed by atoms with Crippen molar-refractivity contribution in [3.8, 4) is 0 Å². The third kappa shape index (κ3) is 3.05. The molecule has 1 heterocycles. The summed E-state index contributed by atoms with van der Waals surface area (Å²) >= 11 is 0. The number of aromatic nitrogens is 2. The van der Waals surface area contributed by atoms with Crippen molar-refractivity contribution in [3.05, 3.63) is 82.8 Å². The molecule has 0 atom stereocenters. The zero-order valence-electron chi connectivity index (χ0n) is 15.9. The van der Waals surface area contributed by atoms with Crippen LogP contribution in [0.3, 0.4) is 0 Å². The number of likely N-dealkylation sites (N-methyl/N-ethyl adjacent to an activating group) is 1. The van der Waals surface area contributed by atoms with Crippen molar-refractivity contribution in [1.29, 1.82) is 0 Å². The van der Waals surface area contributed by atoms with Crippen LogP contribution in [0.1, 0.15) is 12.6 Å². The van der Waals surface area contributed by atoms with E-state index < -0.39 is 0 Å². The first-order chi connectivity index (χ1) is 13.6. The molecule has 0 aliphatic rings. The maximum Gasteiger partial charge on any atom is 0.275 e. The van der Waals surface area contributed by atoms with Crippen LogP contribution < -0.4 is 10.5 Å². The summed E-state index contributed by atoms with van der Waals surface area (Å²) < 4.78 is 1.27. The second-order valence-electron chi connectivity index (χ2n) is 6.73. The zero-order chi connectivity index (χ0) is 19.7. The SMILES string of the molecule is CCN(C(=O)Cn1nc(C)c2ccccc2c1=O)c1cccc2ccccc12. The fraction of sp³-hybridized carbons (Fsp3) is 0.174. The molecule has 0 unspecified atom stereocenters. The molecule has 4 aromatic rings. The number of benzene rings is 3.